The van der Waals surface area contributed by atoms with Gasteiger partial charge >= 0.3 is 0 Å². The predicted molar refractivity (Wildman–Crippen MR) is 85.5 cm³/mol. The Balaban J connectivity index is 1.61. The quantitative estimate of drug-likeness (QED) is 0.801. The van der Waals surface area contributed by atoms with Crippen LogP contribution in [0.4, 0.5) is 0 Å². The van der Waals surface area contributed by atoms with Crippen LogP contribution in [0.2, 0.25) is 0 Å². The molecule has 0 atom stereocenters. The molecule has 1 saturated carbocycles. The average Bonchev–Trinajstić information content (AvgIpc) is 3.14. The first-order valence-corrected chi connectivity index (χ1v) is 7.85. The summed E-state index contributed by atoms with van der Waals surface area (Å²) in [5, 5.41) is 8.52. The fraction of sp³-hybridized carbons (Fsp3) is 0.353. The molecular weight excluding hydrogens is 290 g/mol. The van der Waals surface area contributed by atoms with E-state index in [9.17, 15) is 0 Å². The molecule has 0 unspecified atom stereocenters. The lowest BCUT2D eigenvalue weighted by Gasteiger charge is -2.34. The number of aromatic nitrogens is 4. The van der Waals surface area contributed by atoms with Crippen molar-refractivity contribution in [2.45, 2.75) is 38.3 Å². The number of rotatable bonds is 4. The molecule has 4 rings (SSSR count). The fourth-order valence-corrected chi connectivity index (χ4v) is 2.89. The standard InChI is InChI=1S/C17H19N5O/c1-12-14(10-19-22(12)11-13-6-3-2-4-7-13)15-20-16(21-23-15)17(18)8-5-9-17/h2-4,6-7,10H,5,8-9,11,18H2,1H3. The van der Waals surface area contributed by atoms with Crippen LogP contribution in [-0.2, 0) is 12.1 Å². The van der Waals surface area contributed by atoms with Gasteiger partial charge in [0.1, 0.15) is 0 Å². The Bertz CT molecular complexity index is 817. The number of benzene rings is 1. The molecule has 2 aromatic heterocycles. The molecule has 3 aromatic rings. The van der Waals surface area contributed by atoms with Crippen molar-refractivity contribution in [1.82, 2.24) is 19.9 Å². The first-order valence-electron chi connectivity index (χ1n) is 7.85. The maximum Gasteiger partial charge on any atom is 0.261 e. The van der Waals surface area contributed by atoms with Gasteiger partial charge in [-0.3, -0.25) is 4.68 Å². The van der Waals surface area contributed by atoms with E-state index < -0.39 is 5.54 Å². The molecule has 1 aliphatic carbocycles. The SMILES string of the molecule is Cc1c(-c2nc(C3(N)CCC3)no2)cnn1Cc1ccccc1. The van der Waals surface area contributed by atoms with Gasteiger partial charge in [-0.05, 0) is 31.7 Å². The lowest BCUT2D eigenvalue weighted by molar-refractivity contribution is 0.229. The van der Waals surface area contributed by atoms with Crippen molar-refractivity contribution >= 4 is 0 Å². The van der Waals surface area contributed by atoms with E-state index in [1.54, 1.807) is 6.20 Å². The number of nitrogens with zero attached hydrogens (tertiary/aromatic N) is 4. The second kappa shape index (κ2) is 5.31. The first-order chi connectivity index (χ1) is 11.2. The van der Waals surface area contributed by atoms with E-state index in [4.69, 9.17) is 10.3 Å². The van der Waals surface area contributed by atoms with Crippen molar-refractivity contribution in [3.8, 4) is 11.5 Å². The van der Waals surface area contributed by atoms with E-state index in [1.165, 1.54) is 5.56 Å². The number of hydrogen-bond donors (Lipinski definition) is 1. The highest BCUT2D eigenvalue weighted by atomic mass is 16.5. The van der Waals surface area contributed by atoms with Crippen molar-refractivity contribution in [3.63, 3.8) is 0 Å². The normalized spacial score (nSPS) is 16.3. The molecule has 118 valence electrons. The number of nitrogens with two attached hydrogens (primary N) is 1. The summed E-state index contributed by atoms with van der Waals surface area (Å²) in [6.45, 7) is 2.73. The third kappa shape index (κ3) is 2.45. The van der Waals surface area contributed by atoms with E-state index in [0.29, 0.717) is 18.3 Å². The lowest BCUT2D eigenvalue weighted by atomic mass is 9.77. The van der Waals surface area contributed by atoms with Gasteiger partial charge in [-0.25, -0.2) is 0 Å². The van der Waals surface area contributed by atoms with Gasteiger partial charge in [-0.2, -0.15) is 10.1 Å². The largest absolute Gasteiger partial charge is 0.334 e. The Morgan fingerprint density at radius 2 is 2.04 bits per heavy atom. The molecule has 6 heteroatoms. The second-order valence-corrected chi connectivity index (χ2v) is 6.22. The molecule has 6 nitrogen and oxygen atoms in total. The maximum atomic E-state index is 6.26. The molecule has 0 saturated heterocycles. The van der Waals surface area contributed by atoms with Crippen molar-refractivity contribution in [1.29, 1.82) is 0 Å². The van der Waals surface area contributed by atoms with Crippen molar-refractivity contribution in [2.75, 3.05) is 0 Å². The molecule has 1 aliphatic rings. The summed E-state index contributed by atoms with van der Waals surface area (Å²) in [4.78, 5) is 4.50. The van der Waals surface area contributed by atoms with Gasteiger partial charge in [-0.15, -0.1) is 0 Å². The summed E-state index contributed by atoms with van der Waals surface area (Å²) >= 11 is 0. The van der Waals surface area contributed by atoms with E-state index in [2.05, 4.69) is 27.4 Å². The highest BCUT2D eigenvalue weighted by Crippen LogP contribution is 2.37. The first kappa shape index (κ1) is 14.1. The van der Waals surface area contributed by atoms with Crippen LogP contribution in [0.15, 0.2) is 41.1 Å². The summed E-state index contributed by atoms with van der Waals surface area (Å²) in [6.07, 6.45) is 4.73. The summed E-state index contributed by atoms with van der Waals surface area (Å²) in [5.41, 5.74) is 8.92. The van der Waals surface area contributed by atoms with Crippen LogP contribution >= 0.6 is 0 Å². The van der Waals surface area contributed by atoms with E-state index in [-0.39, 0.29) is 0 Å². The zero-order valence-corrected chi connectivity index (χ0v) is 13.1. The molecule has 0 spiro atoms. The van der Waals surface area contributed by atoms with Crippen LogP contribution in [0.5, 0.6) is 0 Å². The topological polar surface area (TPSA) is 82.8 Å². The minimum absolute atomic E-state index is 0.407. The van der Waals surface area contributed by atoms with Gasteiger partial charge in [0.05, 0.1) is 23.8 Å². The zero-order chi connectivity index (χ0) is 15.9. The smallest absolute Gasteiger partial charge is 0.261 e. The van der Waals surface area contributed by atoms with Gasteiger partial charge in [0, 0.05) is 5.69 Å². The van der Waals surface area contributed by atoms with Crippen LogP contribution in [-0.4, -0.2) is 19.9 Å². The number of hydrogen-bond acceptors (Lipinski definition) is 5. The van der Waals surface area contributed by atoms with Gasteiger partial charge in [0.15, 0.2) is 5.82 Å². The van der Waals surface area contributed by atoms with Crippen molar-refractivity contribution in [3.05, 3.63) is 53.6 Å². The monoisotopic (exact) mass is 309 g/mol. The van der Waals surface area contributed by atoms with Gasteiger partial charge in [0.2, 0.25) is 0 Å². The Labute approximate surface area is 134 Å². The molecular formula is C17H19N5O. The summed E-state index contributed by atoms with van der Waals surface area (Å²) < 4.78 is 7.36. The average molecular weight is 309 g/mol. The minimum atomic E-state index is -0.407. The van der Waals surface area contributed by atoms with Crippen LogP contribution in [0.25, 0.3) is 11.5 Å². The van der Waals surface area contributed by atoms with Crippen LogP contribution in [0, 0.1) is 6.92 Å². The maximum absolute atomic E-state index is 6.26. The highest BCUT2D eigenvalue weighted by Gasteiger charge is 2.39. The molecule has 2 N–H and O–H groups in total. The van der Waals surface area contributed by atoms with Gasteiger partial charge < -0.3 is 10.3 Å². The fourth-order valence-electron chi connectivity index (χ4n) is 2.89. The zero-order valence-electron chi connectivity index (χ0n) is 13.1. The van der Waals surface area contributed by atoms with Crippen molar-refractivity contribution in [2.24, 2.45) is 5.73 Å². The summed E-state index contributed by atoms with van der Waals surface area (Å²) in [7, 11) is 0. The predicted octanol–water partition coefficient (Wildman–Crippen LogP) is 2.63. The molecule has 1 aromatic carbocycles. The lowest BCUT2D eigenvalue weighted by Crippen LogP contribution is -2.44. The van der Waals surface area contributed by atoms with Gasteiger partial charge in [0.25, 0.3) is 5.89 Å². The molecule has 23 heavy (non-hydrogen) atoms. The minimum Gasteiger partial charge on any atom is -0.334 e. The van der Waals surface area contributed by atoms with E-state index in [1.807, 2.05) is 29.8 Å². The van der Waals surface area contributed by atoms with Crippen molar-refractivity contribution < 1.29 is 4.52 Å². The van der Waals surface area contributed by atoms with Crippen LogP contribution in [0.1, 0.15) is 36.3 Å². The Morgan fingerprint density at radius 3 is 2.74 bits per heavy atom. The molecule has 0 aliphatic heterocycles. The van der Waals surface area contributed by atoms with E-state index >= 15 is 0 Å². The molecule has 0 radical (unpaired) electrons. The summed E-state index contributed by atoms with van der Waals surface area (Å²) in [6, 6.07) is 10.2. The Hall–Kier alpha value is -2.47. The third-order valence-corrected chi connectivity index (χ3v) is 4.63. The summed E-state index contributed by atoms with van der Waals surface area (Å²) in [5.74, 6) is 1.10. The third-order valence-electron chi connectivity index (χ3n) is 4.63. The molecule has 1 fully saturated rings. The van der Waals surface area contributed by atoms with Crippen LogP contribution < -0.4 is 5.73 Å². The second-order valence-electron chi connectivity index (χ2n) is 6.22. The molecule has 0 bridgehead atoms. The van der Waals surface area contributed by atoms with Crippen LogP contribution in [0.3, 0.4) is 0 Å². The molecule has 0 amide bonds. The van der Waals surface area contributed by atoms with Gasteiger partial charge in [-0.1, -0.05) is 35.5 Å². The molecule has 2 heterocycles. The van der Waals surface area contributed by atoms with E-state index in [0.717, 1.165) is 30.5 Å². The Morgan fingerprint density at radius 1 is 1.26 bits per heavy atom. The Kier molecular flexibility index (Phi) is 3.27. The highest BCUT2D eigenvalue weighted by molar-refractivity contribution is 5.55.